The van der Waals surface area contributed by atoms with Gasteiger partial charge in [-0.05, 0) is 44.2 Å². The fourth-order valence-corrected chi connectivity index (χ4v) is 3.46. The molecule has 0 atom stereocenters. The summed E-state index contributed by atoms with van der Waals surface area (Å²) in [5, 5.41) is 18.6. The summed E-state index contributed by atoms with van der Waals surface area (Å²) in [6, 6.07) is 5.56. The van der Waals surface area contributed by atoms with Crippen LogP contribution in [-0.2, 0) is 13.0 Å². The molecule has 23 heavy (non-hydrogen) atoms. The van der Waals surface area contributed by atoms with Gasteiger partial charge in [0.25, 0.3) is 0 Å². The molecule has 1 aliphatic rings. The maximum absolute atomic E-state index is 13.3. The molecule has 6 heteroatoms. The number of hydrogen-bond donors (Lipinski definition) is 1. The molecule has 0 aromatic carbocycles. The number of nitriles is 1. The lowest BCUT2D eigenvalue weighted by molar-refractivity contribution is -0.0457. The van der Waals surface area contributed by atoms with Gasteiger partial charge < -0.3 is 9.51 Å². The molecule has 2 aromatic rings. The molecule has 0 amide bonds. The number of aliphatic hydroxyl groups excluding tert-OH is 1. The van der Waals surface area contributed by atoms with Gasteiger partial charge in [0.15, 0.2) is 0 Å². The van der Waals surface area contributed by atoms with Crippen LogP contribution in [0.2, 0.25) is 0 Å². The van der Waals surface area contributed by atoms with E-state index in [-0.39, 0.29) is 25.4 Å². The van der Waals surface area contributed by atoms with Crippen molar-refractivity contribution in [1.82, 2.24) is 9.38 Å². The monoisotopic (exact) mass is 319 g/mol. The molecule has 0 radical (unpaired) electrons. The van der Waals surface area contributed by atoms with Crippen LogP contribution in [0.5, 0.6) is 0 Å². The van der Waals surface area contributed by atoms with E-state index in [2.05, 4.69) is 11.1 Å². The highest BCUT2D eigenvalue weighted by Gasteiger charge is 2.35. The van der Waals surface area contributed by atoms with Crippen LogP contribution in [-0.4, -0.2) is 20.4 Å². The van der Waals surface area contributed by atoms with E-state index < -0.39 is 5.92 Å². The lowest BCUT2D eigenvalue weighted by Gasteiger charge is -2.28. The summed E-state index contributed by atoms with van der Waals surface area (Å²) in [6.07, 6.45) is 1.46. The maximum atomic E-state index is 13.3. The van der Waals surface area contributed by atoms with E-state index in [4.69, 9.17) is 5.26 Å². The Kier molecular flexibility index (Phi) is 4.07. The minimum absolute atomic E-state index is 0.0690. The van der Waals surface area contributed by atoms with Gasteiger partial charge in [-0.2, -0.15) is 5.26 Å². The van der Waals surface area contributed by atoms with Crippen molar-refractivity contribution < 1.29 is 13.9 Å². The number of alkyl halides is 2. The summed E-state index contributed by atoms with van der Waals surface area (Å²) in [4.78, 5) is 4.41. The number of fused-ring (bicyclic) bond motifs is 1. The lowest BCUT2D eigenvalue weighted by Crippen LogP contribution is -2.26. The first-order chi connectivity index (χ1) is 10.9. The van der Waals surface area contributed by atoms with Crippen molar-refractivity contribution in [2.24, 2.45) is 5.92 Å². The average Bonchev–Trinajstić information content (AvgIpc) is 2.87. The van der Waals surface area contributed by atoms with E-state index >= 15 is 0 Å². The van der Waals surface area contributed by atoms with Gasteiger partial charge in [0.2, 0.25) is 5.92 Å². The van der Waals surface area contributed by atoms with Crippen molar-refractivity contribution in [2.75, 3.05) is 0 Å². The van der Waals surface area contributed by atoms with Gasteiger partial charge in [-0.1, -0.05) is 0 Å². The third kappa shape index (κ3) is 3.06. The van der Waals surface area contributed by atoms with Crippen LogP contribution in [0.1, 0.15) is 48.3 Å². The van der Waals surface area contributed by atoms with Gasteiger partial charge in [-0.15, -0.1) is 0 Å². The van der Waals surface area contributed by atoms with Crippen molar-refractivity contribution in [1.29, 1.82) is 5.26 Å². The first-order valence-electron chi connectivity index (χ1n) is 7.83. The summed E-state index contributed by atoms with van der Waals surface area (Å²) in [5.41, 5.74) is 3.46. The Morgan fingerprint density at radius 3 is 2.70 bits per heavy atom. The van der Waals surface area contributed by atoms with Crippen LogP contribution in [0, 0.1) is 24.2 Å². The number of halogens is 2. The molecule has 0 bridgehead atoms. The summed E-state index contributed by atoms with van der Waals surface area (Å²) >= 11 is 0. The van der Waals surface area contributed by atoms with Gasteiger partial charge in [0, 0.05) is 24.2 Å². The third-order valence-corrected chi connectivity index (χ3v) is 4.68. The zero-order valence-corrected chi connectivity index (χ0v) is 13.0. The van der Waals surface area contributed by atoms with Crippen molar-refractivity contribution in [2.45, 2.75) is 51.6 Å². The highest BCUT2D eigenvalue weighted by atomic mass is 19.3. The smallest absolute Gasteiger partial charge is 0.248 e. The largest absolute Gasteiger partial charge is 0.390 e. The minimum atomic E-state index is -2.53. The first-order valence-corrected chi connectivity index (χ1v) is 7.83. The Hall–Kier alpha value is -2.00. The molecule has 3 rings (SSSR count). The summed E-state index contributed by atoms with van der Waals surface area (Å²) in [7, 11) is 0. The zero-order chi connectivity index (χ0) is 16.6. The van der Waals surface area contributed by atoms with Gasteiger partial charge in [-0.25, -0.2) is 13.8 Å². The number of imidazole rings is 1. The number of rotatable bonds is 3. The van der Waals surface area contributed by atoms with Crippen molar-refractivity contribution in [3.05, 3.63) is 34.8 Å². The second-order valence-electron chi connectivity index (χ2n) is 6.36. The summed E-state index contributed by atoms with van der Waals surface area (Å²) in [6.45, 7) is 1.69. The molecular weight excluding hydrogens is 300 g/mol. The number of aryl methyl sites for hydroxylation is 1. The second kappa shape index (κ2) is 5.89. The van der Waals surface area contributed by atoms with Gasteiger partial charge in [-0.3, -0.25) is 0 Å². The Labute approximate surface area is 133 Å². The first kappa shape index (κ1) is 15.9. The topological polar surface area (TPSA) is 61.3 Å². The molecule has 0 unspecified atom stereocenters. The SMILES string of the molecule is Cc1cc(C#N)cc2nc(CO)c(CC3CCC(F)(F)CC3)n12. The fourth-order valence-electron chi connectivity index (χ4n) is 3.46. The predicted molar refractivity (Wildman–Crippen MR) is 81.2 cm³/mol. The molecule has 0 aliphatic heterocycles. The van der Waals surface area contributed by atoms with Crippen LogP contribution in [0.4, 0.5) is 8.78 Å². The van der Waals surface area contributed by atoms with Crippen LogP contribution >= 0.6 is 0 Å². The molecule has 4 nitrogen and oxygen atoms in total. The third-order valence-electron chi connectivity index (χ3n) is 4.68. The zero-order valence-electron chi connectivity index (χ0n) is 13.0. The molecule has 2 heterocycles. The molecule has 1 saturated carbocycles. The van der Waals surface area contributed by atoms with E-state index in [0.717, 1.165) is 11.4 Å². The number of nitrogens with zero attached hydrogens (tertiary/aromatic N) is 3. The molecule has 1 N–H and O–H groups in total. The van der Waals surface area contributed by atoms with E-state index in [1.165, 1.54) is 0 Å². The van der Waals surface area contributed by atoms with Crippen molar-refractivity contribution in [3.8, 4) is 6.07 Å². The van der Waals surface area contributed by atoms with Gasteiger partial charge in [0.1, 0.15) is 5.65 Å². The maximum Gasteiger partial charge on any atom is 0.248 e. The molecule has 1 aliphatic carbocycles. The van der Waals surface area contributed by atoms with E-state index in [1.807, 2.05) is 11.3 Å². The highest BCUT2D eigenvalue weighted by molar-refractivity contribution is 5.51. The van der Waals surface area contributed by atoms with Crippen LogP contribution < -0.4 is 0 Å². The normalized spacial score (nSPS) is 18.2. The quantitative estimate of drug-likeness (QED) is 0.943. The molecule has 0 spiro atoms. The molecule has 0 saturated heterocycles. The second-order valence-corrected chi connectivity index (χ2v) is 6.36. The predicted octanol–water partition coefficient (Wildman–Crippen LogP) is 3.37. The van der Waals surface area contributed by atoms with E-state index in [0.29, 0.717) is 36.2 Å². The minimum Gasteiger partial charge on any atom is -0.390 e. The number of pyridine rings is 1. The Balaban J connectivity index is 1.95. The molecule has 2 aromatic heterocycles. The lowest BCUT2D eigenvalue weighted by atomic mass is 9.84. The Bertz CT molecular complexity index is 766. The fraction of sp³-hybridized carbons (Fsp3) is 0.529. The number of aromatic nitrogens is 2. The average molecular weight is 319 g/mol. The number of hydrogen-bond acceptors (Lipinski definition) is 3. The highest BCUT2D eigenvalue weighted by Crippen LogP contribution is 2.38. The van der Waals surface area contributed by atoms with E-state index in [9.17, 15) is 13.9 Å². The Morgan fingerprint density at radius 1 is 1.39 bits per heavy atom. The molecular formula is C17H19F2N3O. The van der Waals surface area contributed by atoms with Crippen LogP contribution in [0.15, 0.2) is 12.1 Å². The molecule has 122 valence electrons. The Morgan fingerprint density at radius 2 is 2.09 bits per heavy atom. The van der Waals surface area contributed by atoms with Gasteiger partial charge >= 0.3 is 0 Å². The van der Waals surface area contributed by atoms with Gasteiger partial charge in [0.05, 0.1) is 23.9 Å². The summed E-state index contributed by atoms with van der Waals surface area (Å²) < 4.78 is 28.6. The number of aliphatic hydroxyl groups is 1. The summed E-state index contributed by atoms with van der Waals surface area (Å²) in [5.74, 6) is -2.36. The van der Waals surface area contributed by atoms with E-state index in [1.54, 1.807) is 12.1 Å². The van der Waals surface area contributed by atoms with Crippen molar-refractivity contribution in [3.63, 3.8) is 0 Å². The van der Waals surface area contributed by atoms with Crippen LogP contribution in [0.3, 0.4) is 0 Å². The standard InChI is InChI=1S/C17H19F2N3O/c1-11-6-13(9-20)8-16-21-14(10-23)15(22(11)16)7-12-2-4-17(18,19)5-3-12/h6,8,12,23H,2-5,7,10H2,1H3. The molecule has 1 fully saturated rings. The van der Waals surface area contributed by atoms with Crippen molar-refractivity contribution >= 4 is 5.65 Å². The van der Waals surface area contributed by atoms with Crippen LogP contribution in [0.25, 0.3) is 5.65 Å².